The van der Waals surface area contributed by atoms with Gasteiger partial charge in [-0.3, -0.25) is 0 Å². The maximum atomic E-state index is 13.2. The Labute approximate surface area is 146 Å². The van der Waals surface area contributed by atoms with E-state index in [0.29, 0.717) is 5.92 Å². The highest BCUT2D eigenvalue weighted by molar-refractivity contribution is 5.89. The average Bonchev–Trinajstić information content (AvgIpc) is 2.61. The van der Waals surface area contributed by atoms with Gasteiger partial charge in [-0.05, 0) is 62.6 Å². The number of ether oxygens (including phenoxy) is 1. The molecule has 1 fully saturated rings. The number of hydrogen-bond donors (Lipinski definition) is 0. The molecule has 1 aromatic rings. The lowest BCUT2D eigenvalue weighted by atomic mass is 9.84. The molecule has 0 bridgehead atoms. The Bertz CT molecular complexity index is 683. The van der Waals surface area contributed by atoms with Crippen LogP contribution in [0.5, 0.6) is 0 Å². The van der Waals surface area contributed by atoms with Crippen molar-refractivity contribution in [3.05, 3.63) is 59.7 Å². The van der Waals surface area contributed by atoms with Crippen LogP contribution in [-0.4, -0.2) is 12.1 Å². The number of halogens is 2. The number of rotatable bonds is 6. The summed E-state index contributed by atoms with van der Waals surface area (Å²) < 4.78 is 31.5. The first-order valence-corrected chi connectivity index (χ1v) is 8.47. The Hall–Kier alpha value is -2.48. The van der Waals surface area contributed by atoms with E-state index in [9.17, 15) is 13.6 Å². The largest absolute Gasteiger partial charge is 0.459 e. The summed E-state index contributed by atoms with van der Waals surface area (Å²) >= 11 is 0. The van der Waals surface area contributed by atoms with E-state index in [1.807, 2.05) is 18.2 Å². The number of allylic oxidation sites excluding steroid dienone is 4. The predicted molar refractivity (Wildman–Crippen MR) is 90.6 cm³/mol. The van der Waals surface area contributed by atoms with Crippen LogP contribution in [0.15, 0.2) is 42.5 Å². The quantitative estimate of drug-likeness (QED) is 0.409. The van der Waals surface area contributed by atoms with Crippen LogP contribution in [0.3, 0.4) is 0 Å². The van der Waals surface area contributed by atoms with Crippen LogP contribution < -0.4 is 0 Å². The van der Waals surface area contributed by atoms with Gasteiger partial charge >= 0.3 is 5.97 Å². The van der Waals surface area contributed by atoms with Gasteiger partial charge in [-0.1, -0.05) is 18.2 Å². The second kappa shape index (κ2) is 9.73. The van der Waals surface area contributed by atoms with Crippen molar-refractivity contribution in [3.63, 3.8) is 0 Å². The van der Waals surface area contributed by atoms with Crippen LogP contribution in [0.2, 0.25) is 0 Å². The Morgan fingerprint density at radius 3 is 2.64 bits per heavy atom. The summed E-state index contributed by atoms with van der Waals surface area (Å²) in [6.07, 6.45) is 12.5. The van der Waals surface area contributed by atoms with E-state index in [2.05, 4.69) is 0 Å². The molecule has 132 valence electrons. The Morgan fingerprint density at radius 2 is 1.96 bits per heavy atom. The number of benzene rings is 1. The summed E-state index contributed by atoms with van der Waals surface area (Å²) in [5.74, 6) is -2.03. The normalized spacial score (nSPS) is 20.7. The highest BCUT2D eigenvalue weighted by Crippen LogP contribution is 2.30. The molecule has 2 rings (SSSR count). The molecule has 0 aliphatic heterocycles. The standard InChI is InChI=1S/C20H21F2NO2/c21-18-12-9-16(14-19(18)22)20(24)25-17-10-7-15(8-11-17)6-4-2-1-3-5-13-23/h1-3,5,9,12,14-15,17H,4,6-8,10-11H2/b2-1+,5-3+. The van der Waals surface area contributed by atoms with Crippen molar-refractivity contribution < 1.29 is 18.3 Å². The summed E-state index contributed by atoms with van der Waals surface area (Å²) in [4.78, 5) is 12.0. The molecule has 0 radical (unpaired) electrons. The van der Waals surface area contributed by atoms with Crippen LogP contribution in [0.1, 0.15) is 48.9 Å². The third-order valence-corrected chi connectivity index (χ3v) is 4.38. The molecule has 1 aliphatic carbocycles. The molecule has 3 nitrogen and oxygen atoms in total. The molecule has 1 saturated carbocycles. The highest BCUT2D eigenvalue weighted by atomic mass is 19.2. The molecule has 0 spiro atoms. The van der Waals surface area contributed by atoms with Crippen LogP contribution in [-0.2, 0) is 4.74 Å². The van der Waals surface area contributed by atoms with E-state index in [-0.39, 0.29) is 11.7 Å². The van der Waals surface area contributed by atoms with Gasteiger partial charge in [0.15, 0.2) is 11.6 Å². The third kappa shape index (κ3) is 6.15. The molecular weight excluding hydrogens is 324 g/mol. The minimum absolute atomic E-state index is 0.0385. The zero-order valence-electron chi connectivity index (χ0n) is 14.0. The average molecular weight is 345 g/mol. The molecule has 0 N–H and O–H groups in total. The first-order chi connectivity index (χ1) is 12.1. The van der Waals surface area contributed by atoms with Gasteiger partial charge in [0.05, 0.1) is 11.6 Å². The Balaban J connectivity index is 1.72. The fourth-order valence-corrected chi connectivity index (χ4v) is 2.99. The second-order valence-corrected chi connectivity index (χ2v) is 6.17. The Morgan fingerprint density at radius 1 is 1.20 bits per heavy atom. The van der Waals surface area contributed by atoms with Gasteiger partial charge in [-0.2, -0.15) is 5.26 Å². The first kappa shape index (κ1) is 18.9. The lowest BCUT2D eigenvalue weighted by molar-refractivity contribution is 0.0162. The molecule has 0 aromatic heterocycles. The van der Waals surface area contributed by atoms with Crippen LogP contribution in [0.4, 0.5) is 8.78 Å². The molecule has 0 atom stereocenters. The Kier molecular flexibility index (Phi) is 7.34. The highest BCUT2D eigenvalue weighted by Gasteiger charge is 2.24. The summed E-state index contributed by atoms with van der Waals surface area (Å²) in [5.41, 5.74) is 0.0385. The fourth-order valence-electron chi connectivity index (χ4n) is 2.99. The van der Waals surface area contributed by atoms with Crippen LogP contribution in [0, 0.1) is 28.9 Å². The van der Waals surface area contributed by atoms with Crippen molar-refractivity contribution in [1.82, 2.24) is 0 Å². The summed E-state index contributed by atoms with van der Waals surface area (Å²) in [5, 5.41) is 8.37. The molecule has 0 heterocycles. The minimum Gasteiger partial charge on any atom is -0.459 e. The number of esters is 1. The van der Waals surface area contributed by atoms with Crippen LogP contribution in [0.25, 0.3) is 0 Å². The summed E-state index contributed by atoms with van der Waals surface area (Å²) in [6.45, 7) is 0. The topological polar surface area (TPSA) is 50.1 Å². The summed E-state index contributed by atoms with van der Waals surface area (Å²) in [6, 6.07) is 4.97. The van der Waals surface area contributed by atoms with Crippen molar-refractivity contribution in [2.45, 2.75) is 44.6 Å². The molecule has 0 unspecified atom stereocenters. The number of hydrogen-bond acceptors (Lipinski definition) is 3. The first-order valence-electron chi connectivity index (χ1n) is 8.47. The molecule has 1 aliphatic rings. The second-order valence-electron chi connectivity index (χ2n) is 6.17. The van der Waals surface area contributed by atoms with Gasteiger partial charge in [0.25, 0.3) is 0 Å². The van der Waals surface area contributed by atoms with Crippen LogP contribution >= 0.6 is 0 Å². The molecule has 5 heteroatoms. The van der Waals surface area contributed by atoms with E-state index in [1.165, 1.54) is 12.1 Å². The van der Waals surface area contributed by atoms with Gasteiger partial charge in [-0.15, -0.1) is 0 Å². The maximum Gasteiger partial charge on any atom is 0.338 e. The van der Waals surface area contributed by atoms with E-state index >= 15 is 0 Å². The fraction of sp³-hybridized carbons (Fsp3) is 0.400. The van der Waals surface area contributed by atoms with Crippen molar-refractivity contribution in [3.8, 4) is 6.07 Å². The van der Waals surface area contributed by atoms with Crippen molar-refractivity contribution in [2.75, 3.05) is 0 Å². The summed E-state index contributed by atoms with van der Waals surface area (Å²) in [7, 11) is 0. The van der Waals surface area contributed by atoms with Gasteiger partial charge in [0, 0.05) is 6.08 Å². The number of nitrogens with zero attached hydrogens (tertiary/aromatic N) is 1. The van der Waals surface area contributed by atoms with Gasteiger partial charge in [-0.25, -0.2) is 13.6 Å². The van der Waals surface area contributed by atoms with E-state index in [0.717, 1.165) is 50.7 Å². The van der Waals surface area contributed by atoms with Crippen molar-refractivity contribution >= 4 is 5.97 Å². The lowest BCUT2D eigenvalue weighted by Gasteiger charge is -2.28. The third-order valence-electron chi connectivity index (χ3n) is 4.38. The van der Waals surface area contributed by atoms with Gasteiger partial charge < -0.3 is 4.74 Å². The number of nitriles is 1. The molecule has 0 amide bonds. The molecular formula is C20H21F2NO2. The lowest BCUT2D eigenvalue weighted by Crippen LogP contribution is -2.24. The van der Waals surface area contributed by atoms with E-state index in [4.69, 9.17) is 10.00 Å². The maximum absolute atomic E-state index is 13.2. The predicted octanol–water partition coefficient (Wildman–Crippen LogP) is 5.10. The number of carbonyl (C=O) groups is 1. The monoisotopic (exact) mass is 345 g/mol. The zero-order valence-corrected chi connectivity index (χ0v) is 14.0. The zero-order chi connectivity index (χ0) is 18.1. The SMILES string of the molecule is N#C/C=C/C=C/CCC1CCC(OC(=O)c2ccc(F)c(F)c2)CC1. The van der Waals surface area contributed by atoms with Crippen molar-refractivity contribution in [1.29, 1.82) is 5.26 Å². The van der Waals surface area contributed by atoms with E-state index < -0.39 is 17.6 Å². The van der Waals surface area contributed by atoms with Gasteiger partial charge in [0.2, 0.25) is 0 Å². The minimum atomic E-state index is -1.05. The molecule has 0 saturated heterocycles. The molecule has 25 heavy (non-hydrogen) atoms. The smallest absolute Gasteiger partial charge is 0.338 e. The number of carbonyl (C=O) groups excluding carboxylic acids is 1. The van der Waals surface area contributed by atoms with Gasteiger partial charge in [0.1, 0.15) is 6.10 Å². The van der Waals surface area contributed by atoms with E-state index in [1.54, 1.807) is 6.08 Å². The molecule has 1 aromatic carbocycles. The van der Waals surface area contributed by atoms with Crippen molar-refractivity contribution in [2.24, 2.45) is 5.92 Å².